The van der Waals surface area contributed by atoms with Gasteiger partial charge in [-0.2, -0.15) is 8.42 Å². The summed E-state index contributed by atoms with van der Waals surface area (Å²) < 4.78 is 37.9. The van der Waals surface area contributed by atoms with Crippen molar-refractivity contribution in [1.29, 1.82) is 0 Å². The normalized spacial score (nSPS) is 11.1. The summed E-state index contributed by atoms with van der Waals surface area (Å²) in [6.45, 7) is 2.22. The van der Waals surface area contributed by atoms with E-state index in [1.165, 1.54) is 57.1 Å². The molecule has 0 saturated carbocycles. The summed E-state index contributed by atoms with van der Waals surface area (Å²) in [7, 11) is -4.66. The molecular formula is C22H29NaO5S. The second-order valence-corrected chi connectivity index (χ2v) is 8.39. The van der Waals surface area contributed by atoms with Crippen LogP contribution in [0.25, 0.3) is 0 Å². The molecule has 1 N–H and O–H groups in total. The molecule has 0 aliphatic heterocycles. The molecule has 0 fully saturated rings. The van der Waals surface area contributed by atoms with E-state index in [1.807, 2.05) is 18.2 Å². The average molecular weight is 429 g/mol. The van der Waals surface area contributed by atoms with E-state index in [1.54, 1.807) is 6.07 Å². The van der Waals surface area contributed by atoms with Crippen molar-refractivity contribution in [3.05, 3.63) is 48.0 Å². The van der Waals surface area contributed by atoms with Crippen molar-refractivity contribution in [2.75, 3.05) is 0 Å². The van der Waals surface area contributed by atoms with Crippen LogP contribution in [0.5, 0.6) is 17.2 Å². The van der Waals surface area contributed by atoms with Crippen LogP contribution in [0.3, 0.4) is 0 Å². The molecule has 0 aliphatic rings. The number of hydrogen-bond donors (Lipinski definition) is 1. The molecule has 0 spiro atoms. The van der Waals surface area contributed by atoms with E-state index in [-0.39, 0.29) is 35.3 Å². The zero-order valence-corrected chi connectivity index (χ0v) is 20.2. The zero-order valence-electron chi connectivity index (χ0n) is 17.4. The van der Waals surface area contributed by atoms with Crippen molar-refractivity contribution in [2.45, 2.75) is 69.6 Å². The summed E-state index contributed by atoms with van der Waals surface area (Å²) in [5.74, 6) is -0.526. The van der Waals surface area contributed by atoms with E-state index in [2.05, 4.69) is 6.92 Å². The van der Waals surface area contributed by atoms with Gasteiger partial charge in [0.05, 0.1) is 0 Å². The van der Waals surface area contributed by atoms with Crippen LogP contribution in [0.4, 0.5) is 0 Å². The summed E-state index contributed by atoms with van der Waals surface area (Å²) in [6.07, 6.45) is 10.9. The van der Waals surface area contributed by atoms with E-state index >= 15 is 0 Å². The molecule has 0 amide bonds. The van der Waals surface area contributed by atoms with Gasteiger partial charge in [0.25, 0.3) is 10.1 Å². The summed E-state index contributed by atoms with van der Waals surface area (Å²) in [4.78, 5) is -0.733. The van der Waals surface area contributed by atoms with Crippen LogP contribution in [0.15, 0.2) is 47.4 Å². The van der Waals surface area contributed by atoms with Gasteiger partial charge >= 0.3 is 29.6 Å². The van der Waals surface area contributed by atoms with Crippen molar-refractivity contribution in [3.8, 4) is 17.2 Å². The summed E-state index contributed by atoms with van der Waals surface area (Å²) >= 11 is 0. The summed E-state index contributed by atoms with van der Waals surface area (Å²) in [5, 5.41) is 11.8. The van der Waals surface area contributed by atoms with Crippen molar-refractivity contribution in [1.82, 2.24) is 0 Å². The van der Waals surface area contributed by atoms with E-state index in [0.29, 0.717) is 5.75 Å². The maximum absolute atomic E-state index is 11.8. The first-order valence-corrected chi connectivity index (χ1v) is 11.4. The summed E-state index contributed by atoms with van der Waals surface area (Å²) in [6, 6.07) is 11.2. The van der Waals surface area contributed by atoms with Gasteiger partial charge in [0.2, 0.25) is 0 Å². The molecule has 29 heavy (non-hydrogen) atoms. The van der Waals surface area contributed by atoms with E-state index in [9.17, 15) is 18.1 Å². The van der Waals surface area contributed by atoms with Gasteiger partial charge in [-0.25, -0.2) is 0 Å². The standard InChI is InChI=1S/C22H30O5S.Na/c1-2-3-4-5-6-7-8-9-12-18-13-10-14-19(17-18)27-21-16-11-15-20(23)22(21)28(24,25)26;/h10-11,13-17,23H,2-9,12H2,1H3,(H,24,25,26);/q;+1/p-1. The molecule has 0 radical (unpaired) electrons. The second kappa shape index (κ2) is 13.3. The molecule has 0 aliphatic carbocycles. The fourth-order valence-electron chi connectivity index (χ4n) is 3.18. The minimum Gasteiger partial charge on any atom is -0.871 e. The molecule has 2 aromatic carbocycles. The van der Waals surface area contributed by atoms with Crippen LogP contribution in [0, 0.1) is 0 Å². The van der Waals surface area contributed by atoms with Crippen molar-refractivity contribution in [3.63, 3.8) is 0 Å². The first-order valence-electron chi connectivity index (χ1n) is 9.96. The van der Waals surface area contributed by atoms with Gasteiger partial charge < -0.3 is 9.84 Å². The Labute approximate surface area is 196 Å². The molecule has 7 heteroatoms. The Balaban J connectivity index is 0.00000420. The first kappa shape index (κ1) is 26.0. The van der Waals surface area contributed by atoms with Gasteiger partial charge in [-0.1, -0.05) is 81.9 Å². The largest absolute Gasteiger partial charge is 1.00 e. The quantitative estimate of drug-likeness (QED) is 0.319. The molecule has 5 nitrogen and oxygen atoms in total. The second-order valence-electron chi connectivity index (χ2n) is 7.03. The van der Waals surface area contributed by atoms with E-state index in [0.717, 1.165) is 24.5 Å². The van der Waals surface area contributed by atoms with Gasteiger partial charge in [0, 0.05) is 0 Å². The molecule has 2 rings (SSSR count). The number of aryl methyl sites for hydroxylation is 1. The summed E-state index contributed by atoms with van der Waals surface area (Å²) in [5.41, 5.74) is 1.09. The average Bonchev–Trinajstić information content (AvgIpc) is 2.63. The van der Waals surface area contributed by atoms with Gasteiger partial charge in [0.1, 0.15) is 16.4 Å². The van der Waals surface area contributed by atoms with Crippen molar-refractivity contribution < 1.29 is 52.4 Å². The molecule has 0 atom stereocenters. The Morgan fingerprint density at radius 1 is 0.931 bits per heavy atom. The molecule has 0 heterocycles. The van der Waals surface area contributed by atoms with Gasteiger partial charge in [-0.05, 0) is 36.6 Å². The zero-order chi connectivity index (χ0) is 20.4. The van der Waals surface area contributed by atoms with Gasteiger partial charge in [-0.15, -0.1) is 0 Å². The molecule has 0 unspecified atom stereocenters. The minimum atomic E-state index is -4.66. The van der Waals surface area contributed by atoms with E-state index < -0.39 is 20.8 Å². The maximum Gasteiger partial charge on any atom is 1.00 e. The number of benzene rings is 2. The van der Waals surface area contributed by atoms with Crippen molar-refractivity contribution in [2.24, 2.45) is 0 Å². The molecule has 2 aromatic rings. The molecular weight excluding hydrogens is 399 g/mol. The van der Waals surface area contributed by atoms with Crippen LogP contribution < -0.4 is 39.4 Å². The third-order valence-electron chi connectivity index (χ3n) is 4.65. The first-order chi connectivity index (χ1) is 13.4. The molecule has 0 aromatic heterocycles. The number of unbranched alkanes of at least 4 members (excludes halogenated alkanes) is 7. The number of rotatable bonds is 12. The third-order valence-corrected chi connectivity index (χ3v) is 5.56. The van der Waals surface area contributed by atoms with Gasteiger partial charge in [-0.3, -0.25) is 4.55 Å². The molecule has 154 valence electrons. The van der Waals surface area contributed by atoms with Crippen LogP contribution in [0.2, 0.25) is 0 Å². The Hall–Kier alpha value is -1.05. The smallest absolute Gasteiger partial charge is 0.871 e. The predicted molar refractivity (Wildman–Crippen MR) is 109 cm³/mol. The van der Waals surface area contributed by atoms with Crippen LogP contribution >= 0.6 is 0 Å². The Morgan fingerprint density at radius 2 is 1.55 bits per heavy atom. The molecule has 0 bridgehead atoms. The Kier molecular flexibility index (Phi) is 11.9. The topological polar surface area (TPSA) is 86.7 Å². The van der Waals surface area contributed by atoms with Crippen molar-refractivity contribution >= 4 is 10.1 Å². The monoisotopic (exact) mass is 428 g/mol. The molecule has 0 saturated heterocycles. The van der Waals surface area contributed by atoms with Crippen LogP contribution in [-0.2, 0) is 16.5 Å². The fourth-order valence-corrected chi connectivity index (χ4v) is 3.87. The SMILES string of the molecule is CCCCCCCCCCc1cccc(Oc2cccc([O-])c2S(=O)(=O)O)c1.[Na+]. The van der Waals surface area contributed by atoms with E-state index in [4.69, 9.17) is 4.74 Å². The predicted octanol–water partition coefficient (Wildman–Crippen LogP) is 2.49. The fraction of sp³-hybridized carbons (Fsp3) is 0.455. The van der Waals surface area contributed by atoms with Crippen LogP contribution in [0.1, 0.15) is 63.9 Å². The number of ether oxygens (including phenoxy) is 1. The Bertz CT molecular complexity index is 852. The number of hydrogen-bond acceptors (Lipinski definition) is 4. The minimum absolute atomic E-state index is 0. The van der Waals surface area contributed by atoms with Crippen LogP contribution in [-0.4, -0.2) is 13.0 Å². The Morgan fingerprint density at radius 3 is 2.21 bits per heavy atom. The third kappa shape index (κ3) is 9.09. The van der Waals surface area contributed by atoms with Gasteiger partial charge in [0.15, 0.2) is 0 Å². The maximum atomic E-state index is 11.8.